The summed E-state index contributed by atoms with van der Waals surface area (Å²) in [6, 6.07) is 14.5. The number of aryl methyl sites for hydroxylation is 1. The lowest BCUT2D eigenvalue weighted by atomic mass is 10.1. The second-order valence-electron chi connectivity index (χ2n) is 6.05. The molecule has 0 saturated carbocycles. The first-order valence-electron chi connectivity index (χ1n) is 8.49. The van der Waals surface area contributed by atoms with Crippen LogP contribution >= 0.6 is 11.8 Å². The van der Waals surface area contributed by atoms with Gasteiger partial charge in [0.25, 0.3) is 0 Å². The lowest BCUT2D eigenvalue weighted by molar-refractivity contribution is -0.137. The fourth-order valence-corrected chi connectivity index (χ4v) is 3.24. The van der Waals surface area contributed by atoms with Gasteiger partial charge in [-0.3, -0.25) is 14.4 Å². The highest BCUT2D eigenvalue weighted by Gasteiger charge is 2.15. The Hall–Kier alpha value is -2.80. The van der Waals surface area contributed by atoms with E-state index < -0.39 is 5.97 Å². The van der Waals surface area contributed by atoms with E-state index in [0.29, 0.717) is 17.8 Å². The number of carbonyl (C=O) groups is 3. The number of aliphatic carboxylic acids is 1. The first-order chi connectivity index (χ1) is 12.8. The summed E-state index contributed by atoms with van der Waals surface area (Å²) in [6.07, 6.45) is 0.474. The summed E-state index contributed by atoms with van der Waals surface area (Å²) in [5, 5.41) is 14.0. The third kappa shape index (κ3) is 7.15. The number of carboxylic acids is 1. The van der Waals surface area contributed by atoms with E-state index in [4.69, 9.17) is 5.11 Å². The first kappa shape index (κ1) is 20.5. The lowest BCUT2D eigenvalue weighted by Crippen LogP contribution is -2.22. The highest BCUT2D eigenvalue weighted by atomic mass is 32.2. The van der Waals surface area contributed by atoms with Crippen LogP contribution in [0.15, 0.2) is 53.4 Å². The Morgan fingerprint density at radius 3 is 2.37 bits per heavy atom. The van der Waals surface area contributed by atoms with Crippen LogP contribution in [0.1, 0.15) is 25.8 Å². The van der Waals surface area contributed by atoms with Crippen molar-refractivity contribution in [2.75, 3.05) is 10.6 Å². The standard InChI is InChI=1S/C20H22N2O4S/c1-13(27-18-9-7-16(8-10-18)21-14(2)23)20(26)22-17-5-3-4-15(12-17)6-11-19(24)25/h3-5,7-10,12-13H,6,11H2,1-2H3,(H,21,23)(H,22,26)(H,24,25). The number of carboxylic acid groups (broad SMARTS) is 1. The van der Waals surface area contributed by atoms with Crippen molar-refractivity contribution < 1.29 is 19.5 Å². The normalized spacial score (nSPS) is 11.5. The molecule has 2 aromatic carbocycles. The summed E-state index contributed by atoms with van der Waals surface area (Å²) in [5.41, 5.74) is 2.22. The van der Waals surface area contributed by atoms with Gasteiger partial charge in [0.15, 0.2) is 0 Å². The minimum absolute atomic E-state index is 0.0537. The molecule has 2 rings (SSSR count). The summed E-state index contributed by atoms with van der Waals surface area (Å²) in [7, 11) is 0. The molecule has 0 spiro atoms. The van der Waals surface area contributed by atoms with Crippen molar-refractivity contribution in [3.8, 4) is 0 Å². The summed E-state index contributed by atoms with van der Waals surface area (Å²) in [5.74, 6) is -1.12. The summed E-state index contributed by atoms with van der Waals surface area (Å²) < 4.78 is 0. The van der Waals surface area contributed by atoms with Crippen molar-refractivity contribution in [1.82, 2.24) is 0 Å². The Morgan fingerprint density at radius 2 is 1.74 bits per heavy atom. The van der Waals surface area contributed by atoms with E-state index in [2.05, 4.69) is 10.6 Å². The molecule has 0 aromatic heterocycles. The summed E-state index contributed by atoms with van der Waals surface area (Å²) >= 11 is 1.41. The van der Waals surface area contributed by atoms with Crippen LogP contribution in [0.2, 0.25) is 0 Å². The van der Waals surface area contributed by atoms with Gasteiger partial charge in [-0.05, 0) is 55.3 Å². The number of hydrogen-bond acceptors (Lipinski definition) is 4. The average Bonchev–Trinajstić information content (AvgIpc) is 2.61. The van der Waals surface area contributed by atoms with Gasteiger partial charge in [-0.1, -0.05) is 12.1 Å². The first-order valence-corrected chi connectivity index (χ1v) is 9.37. The zero-order chi connectivity index (χ0) is 19.8. The fraction of sp³-hybridized carbons (Fsp3) is 0.250. The van der Waals surface area contributed by atoms with Crippen molar-refractivity contribution in [3.05, 3.63) is 54.1 Å². The monoisotopic (exact) mass is 386 g/mol. The van der Waals surface area contributed by atoms with Crippen molar-refractivity contribution in [3.63, 3.8) is 0 Å². The number of carbonyl (C=O) groups excluding carboxylic acids is 2. The van der Waals surface area contributed by atoms with E-state index >= 15 is 0 Å². The molecule has 0 radical (unpaired) electrons. The van der Waals surface area contributed by atoms with Crippen LogP contribution in [0.4, 0.5) is 11.4 Å². The van der Waals surface area contributed by atoms with Crippen molar-refractivity contribution in [2.24, 2.45) is 0 Å². The van der Waals surface area contributed by atoms with Gasteiger partial charge in [0.1, 0.15) is 0 Å². The molecule has 6 nitrogen and oxygen atoms in total. The molecular weight excluding hydrogens is 364 g/mol. The molecular formula is C20H22N2O4S. The minimum atomic E-state index is -0.848. The van der Waals surface area contributed by atoms with Crippen LogP contribution in [-0.2, 0) is 20.8 Å². The molecule has 7 heteroatoms. The number of nitrogens with one attached hydrogen (secondary N) is 2. The van der Waals surface area contributed by atoms with Crippen LogP contribution in [0.3, 0.4) is 0 Å². The van der Waals surface area contributed by atoms with E-state index in [-0.39, 0.29) is 23.5 Å². The number of anilines is 2. The van der Waals surface area contributed by atoms with E-state index in [1.54, 1.807) is 30.3 Å². The van der Waals surface area contributed by atoms with Crippen molar-refractivity contribution in [2.45, 2.75) is 36.8 Å². The maximum absolute atomic E-state index is 12.4. The van der Waals surface area contributed by atoms with Gasteiger partial charge in [0.2, 0.25) is 11.8 Å². The van der Waals surface area contributed by atoms with Gasteiger partial charge < -0.3 is 15.7 Å². The molecule has 1 unspecified atom stereocenters. The second kappa shape index (κ2) is 9.78. The number of amides is 2. The smallest absolute Gasteiger partial charge is 0.303 e. The number of rotatable bonds is 8. The van der Waals surface area contributed by atoms with Crippen LogP contribution in [-0.4, -0.2) is 28.1 Å². The van der Waals surface area contributed by atoms with Crippen molar-refractivity contribution >= 4 is 40.9 Å². The molecule has 0 fully saturated rings. The Bertz CT molecular complexity index is 821. The molecule has 0 saturated heterocycles. The highest BCUT2D eigenvalue weighted by Crippen LogP contribution is 2.26. The van der Waals surface area contributed by atoms with Gasteiger partial charge in [0.05, 0.1) is 5.25 Å². The quantitative estimate of drug-likeness (QED) is 0.600. The average molecular weight is 386 g/mol. The zero-order valence-electron chi connectivity index (χ0n) is 15.2. The zero-order valence-corrected chi connectivity index (χ0v) is 16.0. The van der Waals surface area contributed by atoms with E-state index in [9.17, 15) is 14.4 Å². The lowest BCUT2D eigenvalue weighted by Gasteiger charge is -2.13. The molecule has 142 valence electrons. The topological polar surface area (TPSA) is 95.5 Å². The maximum Gasteiger partial charge on any atom is 0.303 e. The summed E-state index contributed by atoms with van der Waals surface area (Å²) in [6.45, 7) is 3.27. The van der Waals surface area contributed by atoms with Crippen LogP contribution in [0.5, 0.6) is 0 Å². The number of benzene rings is 2. The van der Waals surface area contributed by atoms with Crippen LogP contribution in [0, 0.1) is 0 Å². The maximum atomic E-state index is 12.4. The molecule has 0 heterocycles. The summed E-state index contributed by atoms with van der Waals surface area (Å²) in [4.78, 5) is 35.1. The molecule has 0 aliphatic rings. The van der Waals surface area contributed by atoms with Crippen molar-refractivity contribution in [1.29, 1.82) is 0 Å². The van der Waals surface area contributed by atoms with Gasteiger partial charge in [-0.15, -0.1) is 11.8 Å². The Kier molecular flexibility index (Phi) is 7.43. The molecule has 0 aliphatic carbocycles. The molecule has 3 N–H and O–H groups in total. The second-order valence-corrected chi connectivity index (χ2v) is 7.46. The van der Waals surface area contributed by atoms with Gasteiger partial charge in [-0.2, -0.15) is 0 Å². The molecule has 27 heavy (non-hydrogen) atoms. The third-order valence-electron chi connectivity index (χ3n) is 3.68. The van der Waals surface area contributed by atoms with E-state index in [1.165, 1.54) is 18.7 Å². The van der Waals surface area contributed by atoms with Crippen LogP contribution < -0.4 is 10.6 Å². The van der Waals surface area contributed by atoms with Gasteiger partial charge in [0, 0.05) is 29.6 Å². The Labute approximate surface area is 162 Å². The number of hydrogen-bond donors (Lipinski definition) is 3. The molecule has 1 atom stereocenters. The Balaban J connectivity index is 1.92. The molecule has 2 aromatic rings. The predicted octanol–water partition coefficient (Wildman–Crippen LogP) is 3.78. The fourth-order valence-electron chi connectivity index (χ4n) is 2.38. The molecule has 0 aliphatic heterocycles. The largest absolute Gasteiger partial charge is 0.481 e. The van der Waals surface area contributed by atoms with E-state index in [1.807, 2.05) is 25.1 Å². The van der Waals surface area contributed by atoms with Crippen LogP contribution in [0.25, 0.3) is 0 Å². The molecule has 0 bridgehead atoms. The number of thioether (sulfide) groups is 1. The SMILES string of the molecule is CC(=O)Nc1ccc(SC(C)C(=O)Nc2cccc(CCC(=O)O)c2)cc1. The highest BCUT2D eigenvalue weighted by molar-refractivity contribution is 8.00. The minimum Gasteiger partial charge on any atom is -0.481 e. The van der Waals surface area contributed by atoms with Gasteiger partial charge >= 0.3 is 5.97 Å². The predicted molar refractivity (Wildman–Crippen MR) is 107 cm³/mol. The molecule has 2 amide bonds. The third-order valence-corrected chi connectivity index (χ3v) is 4.79. The van der Waals surface area contributed by atoms with E-state index in [0.717, 1.165) is 10.5 Å². The Morgan fingerprint density at radius 1 is 1.04 bits per heavy atom. The van der Waals surface area contributed by atoms with Gasteiger partial charge in [-0.25, -0.2) is 0 Å².